The Morgan fingerprint density at radius 1 is 1.12 bits per heavy atom. The van der Waals surface area contributed by atoms with Crippen molar-refractivity contribution >= 4 is 24.3 Å². The van der Waals surface area contributed by atoms with Gasteiger partial charge >= 0.3 is 12.1 Å². The Bertz CT molecular complexity index is 821. The molecular formula is C23H35N3O7. The minimum atomic E-state index is -1.79. The summed E-state index contributed by atoms with van der Waals surface area (Å²) in [5.41, 5.74) is 3.75. The number of carbonyl (C=O) groups is 4. The fourth-order valence-corrected chi connectivity index (χ4v) is 3.12. The van der Waals surface area contributed by atoms with Gasteiger partial charge in [0.25, 0.3) is 5.91 Å². The molecule has 0 spiro atoms. The average Bonchev–Trinajstić information content (AvgIpc) is 2.69. The number of ether oxygens (including phenoxy) is 2. The number of benzene rings is 1. The molecular weight excluding hydrogens is 430 g/mol. The van der Waals surface area contributed by atoms with Gasteiger partial charge in [0, 0.05) is 13.0 Å². The maximum atomic E-state index is 13.0. The summed E-state index contributed by atoms with van der Waals surface area (Å²) in [6.07, 6.45) is -1.99. The Kier molecular flexibility index (Phi) is 10.00. The fraction of sp³-hybridized carbons (Fsp3) is 0.565. The Balaban J connectivity index is 2.85. The lowest BCUT2D eigenvalue weighted by Crippen LogP contribution is -2.67. The van der Waals surface area contributed by atoms with Crippen LogP contribution in [0.4, 0.5) is 4.79 Å². The average molecular weight is 466 g/mol. The highest BCUT2D eigenvalue weighted by molar-refractivity contribution is 5.89. The topological polar surface area (TPSA) is 157 Å². The van der Waals surface area contributed by atoms with Crippen LogP contribution in [-0.2, 0) is 30.5 Å². The molecule has 0 radical (unpaired) electrons. The maximum Gasteiger partial charge on any atom is 0.409 e. The van der Waals surface area contributed by atoms with Gasteiger partial charge in [-0.05, 0) is 31.2 Å². The lowest BCUT2D eigenvalue weighted by atomic mass is 9.84. The van der Waals surface area contributed by atoms with Crippen molar-refractivity contribution in [2.45, 2.75) is 71.4 Å². The minimum absolute atomic E-state index is 0.00801. The molecule has 5 N–H and O–H groups in total. The van der Waals surface area contributed by atoms with Crippen molar-refractivity contribution in [3.63, 3.8) is 0 Å². The predicted molar refractivity (Wildman–Crippen MR) is 121 cm³/mol. The van der Waals surface area contributed by atoms with E-state index in [0.29, 0.717) is 6.29 Å². The molecule has 1 rings (SSSR count). The van der Waals surface area contributed by atoms with Gasteiger partial charge < -0.3 is 30.4 Å². The zero-order valence-electron chi connectivity index (χ0n) is 19.8. The number of aldehydes is 1. The second-order valence-electron chi connectivity index (χ2n) is 9.68. The Hall–Kier alpha value is -2.98. The number of aliphatic carboxylic acids is 1. The van der Waals surface area contributed by atoms with Crippen LogP contribution in [0.15, 0.2) is 30.3 Å². The molecule has 33 heavy (non-hydrogen) atoms. The summed E-state index contributed by atoms with van der Waals surface area (Å²) in [5, 5.41) is 14.3. The molecule has 0 aliphatic carbocycles. The summed E-state index contributed by atoms with van der Waals surface area (Å²) < 4.78 is 10.7. The number of alkyl carbamates (subject to hydrolysis) is 1. The van der Waals surface area contributed by atoms with E-state index in [1.807, 2.05) is 39.0 Å². The smallest absolute Gasteiger partial charge is 0.409 e. The molecule has 0 aliphatic heterocycles. The number of carbonyl (C=O) groups excluding carboxylic acids is 3. The van der Waals surface area contributed by atoms with Crippen LogP contribution in [0.1, 0.15) is 53.0 Å². The Labute approximate surface area is 194 Å². The van der Waals surface area contributed by atoms with Gasteiger partial charge in [0.15, 0.2) is 11.8 Å². The van der Waals surface area contributed by atoms with Crippen LogP contribution in [0, 0.1) is 5.41 Å². The summed E-state index contributed by atoms with van der Waals surface area (Å²) in [4.78, 5) is 47.4. The van der Waals surface area contributed by atoms with Crippen LogP contribution in [0.2, 0.25) is 0 Å². The summed E-state index contributed by atoms with van der Waals surface area (Å²) in [6, 6.07) is 9.05. The van der Waals surface area contributed by atoms with Gasteiger partial charge in [0.05, 0.1) is 5.60 Å². The monoisotopic (exact) mass is 465 g/mol. The second kappa shape index (κ2) is 11.8. The van der Waals surface area contributed by atoms with Crippen LogP contribution in [0.3, 0.4) is 0 Å². The van der Waals surface area contributed by atoms with Gasteiger partial charge in [-0.3, -0.25) is 10.1 Å². The van der Waals surface area contributed by atoms with E-state index in [2.05, 4.69) is 10.6 Å². The van der Waals surface area contributed by atoms with E-state index in [4.69, 9.17) is 15.2 Å². The van der Waals surface area contributed by atoms with Crippen LogP contribution in [0.25, 0.3) is 0 Å². The summed E-state index contributed by atoms with van der Waals surface area (Å²) in [5.74, 6) is -1.97. The zero-order chi connectivity index (χ0) is 25.3. The van der Waals surface area contributed by atoms with Crippen LogP contribution >= 0.6 is 0 Å². The first-order chi connectivity index (χ1) is 15.2. The third-order valence-corrected chi connectivity index (χ3v) is 4.47. The highest BCUT2D eigenvalue weighted by Gasteiger charge is 2.41. The normalized spacial score (nSPS) is 14.5. The molecule has 0 heterocycles. The maximum absolute atomic E-state index is 13.0. The molecule has 2 amide bonds. The van der Waals surface area contributed by atoms with Gasteiger partial charge in [-0.25, -0.2) is 9.59 Å². The predicted octanol–water partition coefficient (Wildman–Crippen LogP) is 1.96. The third kappa shape index (κ3) is 10.5. The highest BCUT2D eigenvalue weighted by atomic mass is 16.5. The van der Waals surface area contributed by atoms with Crippen molar-refractivity contribution in [1.82, 2.24) is 10.6 Å². The number of nitrogens with one attached hydrogen (secondary N) is 2. The molecule has 0 aliphatic rings. The largest absolute Gasteiger partial charge is 0.479 e. The van der Waals surface area contributed by atoms with Gasteiger partial charge in [0.1, 0.15) is 12.9 Å². The second-order valence-corrected chi connectivity index (χ2v) is 9.68. The number of carboxylic acid groups (broad SMARTS) is 1. The lowest BCUT2D eigenvalue weighted by Gasteiger charge is -2.36. The molecule has 1 unspecified atom stereocenters. The molecule has 0 aromatic heterocycles. The van der Waals surface area contributed by atoms with E-state index >= 15 is 0 Å². The third-order valence-electron chi connectivity index (χ3n) is 4.47. The number of hydrogen-bond acceptors (Lipinski definition) is 7. The van der Waals surface area contributed by atoms with Crippen molar-refractivity contribution in [3.8, 4) is 0 Å². The van der Waals surface area contributed by atoms with E-state index in [1.54, 1.807) is 26.0 Å². The van der Waals surface area contributed by atoms with E-state index in [0.717, 1.165) is 5.56 Å². The molecule has 10 heteroatoms. The number of nitrogens with two attached hydrogens (primary N) is 1. The summed E-state index contributed by atoms with van der Waals surface area (Å²) in [7, 11) is 0. The van der Waals surface area contributed by atoms with Crippen LogP contribution in [0.5, 0.6) is 0 Å². The lowest BCUT2D eigenvalue weighted by molar-refractivity contribution is -0.162. The first-order valence-corrected chi connectivity index (χ1v) is 10.6. The van der Waals surface area contributed by atoms with Crippen molar-refractivity contribution in [2.75, 3.05) is 6.54 Å². The van der Waals surface area contributed by atoms with Crippen LogP contribution < -0.4 is 16.4 Å². The number of hydrogen-bond donors (Lipinski definition) is 4. The summed E-state index contributed by atoms with van der Waals surface area (Å²) >= 11 is 0. The minimum Gasteiger partial charge on any atom is -0.479 e. The molecule has 184 valence electrons. The molecule has 0 fully saturated rings. The number of amides is 2. The van der Waals surface area contributed by atoms with E-state index < -0.39 is 40.8 Å². The molecule has 1 aromatic rings. The fourth-order valence-electron chi connectivity index (χ4n) is 3.12. The molecule has 0 saturated carbocycles. The number of rotatable bonds is 12. The quantitative estimate of drug-likeness (QED) is 0.269. The van der Waals surface area contributed by atoms with Crippen molar-refractivity contribution < 1.29 is 33.8 Å². The zero-order valence-corrected chi connectivity index (χ0v) is 19.8. The van der Waals surface area contributed by atoms with Crippen molar-refractivity contribution in [3.05, 3.63) is 35.9 Å². The van der Waals surface area contributed by atoms with E-state index in [-0.39, 0.29) is 26.0 Å². The van der Waals surface area contributed by atoms with Crippen molar-refractivity contribution in [2.24, 2.45) is 11.1 Å². The number of carboxylic acids is 1. The Morgan fingerprint density at radius 3 is 2.24 bits per heavy atom. The molecule has 2 atom stereocenters. The molecule has 0 saturated heterocycles. The van der Waals surface area contributed by atoms with Gasteiger partial charge in [-0.15, -0.1) is 0 Å². The van der Waals surface area contributed by atoms with E-state index in [1.165, 1.54) is 0 Å². The van der Waals surface area contributed by atoms with Crippen molar-refractivity contribution in [1.29, 1.82) is 0 Å². The SMILES string of the molecule is CC(C)(C)C[C@](N)(NC(=O)OCc1ccccc1)C(=O)NCC(C)(C)OC(CC=O)C(=O)O. The van der Waals surface area contributed by atoms with Gasteiger partial charge in [-0.1, -0.05) is 51.1 Å². The van der Waals surface area contributed by atoms with Crippen LogP contribution in [-0.4, -0.2) is 53.3 Å². The first-order valence-electron chi connectivity index (χ1n) is 10.6. The van der Waals surface area contributed by atoms with E-state index in [9.17, 15) is 24.3 Å². The molecule has 1 aromatic carbocycles. The molecule has 0 bridgehead atoms. The highest BCUT2D eigenvalue weighted by Crippen LogP contribution is 2.25. The van der Waals surface area contributed by atoms with Gasteiger partial charge in [0.2, 0.25) is 0 Å². The first kappa shape index (κ1) is 28.1. The summed E-state index contributed by atoms with van der Waals surface area (Å²) in [6.45, 7) is 8.62. The molecule has 10 nitrogen and oxygen atoms in total. The standard InChI is InChI=1S/C23H35N3O7/c1-21(2,3)14-23(24,26-20(31)32-13-16-9-7-6-8-10-16)19(30)25-15-22(4,5)33-17(11-12-27)18(28)29/h6-10,12,17H,11,13-15,24H2,1-5H3,(H,25,30)(H,26,31)(H,28,29)/t17?,23-/m0/s1. The Morgan fingerprint density at radius 2 is 1.73 bits per heavy atom. The van der Waals surface area contributed by atoms with Gasteiger partial charge in [-0.2, -0.15) is 0 Å².